The van der Waals surface area contributed by atoms with Gasteiger partial charge in [0.05, 0.1) is 6.61 Å². The van der Waals surface area contributed by atoms with Crippen molar-refractivity contribution in [3.63, 3.8) is 0 Å². The summed E-state index contributed by atoms with van der Waals surface area (Å²) in [6.45, 7) is 4.85. The number of carbonyl (C=O) groups is 1. The summed E-state index contributed by atoms with van der Waals surface area (Å²) in [6, 6.07) is 7.80. The van der Waals surface area contributed by atoms with Crippen LogP contribution in [0.2, 0.25) is 0 Å². The minimum atomic E-state index is -0.601. The highest BCUT2D eigenvalue weighted by Gasteiger charge is 2.05. The lowest BCUT2D eigenvalue weighted by molar-refractivity contribution is 0.0973. The molecule has 1 aromatic carbocycles. The van der Waals surface area contributed by atoms with Gasteiger partial charge in [0.25, 0.3) is 0 Å². The van der Waals surface area contributed by atoms with Gasteiger partial charge in [0.1, 0.15) is 5.75 Å². The highest BCUT2D eigenvalue weighted by molar-refractivity contribution is 5.63. The van der Waals surface area contributed by atoms with Gasteiger partial charge in [-0.2, -0.15) is 0 Å². The molecule has 0 atom stereocenters. The molecule has 0 bridgehead atoms. The quantitative estimate of drug-likeness (QED) is 0.205. The van der Waals surface area contributed by atoms with Gasteiger partial charge in [-0.1, -0.05) is 83.8 Å². The highest BCUT2D eigenvalue weighted by Crippen LogP contribution is 2.16. The first-order valence-electron chi connectivity index (χ1n) is 10.2. The van der Waals surface area contributed by atoms with Crippen LogP contribution in [0.15, 0.2) is 24.3 Å². The second-order valence-electron chi connectivity index (χ2n) is 6.78. The van der Waals surface area contributed by atoms with Crippen molar-refractivity contribution in [3.05, 3.63) is 29.8 Å². The fraction of sp³-hybridized carbons (Fsp3) is 0.682. The molecule has 0 amide bonds. The first-order chi connectivity index (χ1) is 12.3. The second kappa shape index (κ2) is 14.8. The Hall–Kier alpha value is -1.51. The first kappa shape index (κ1) is 21.5. The Morgan fingerprint density at radius 2 is 1.32 bits per heavy atom. The third-order valence-electron chi connectivity index (χ3n) is 4.41. The summed E-state index contributed by atoms with van der Waals surface area (Å²) < 4.78 is 10.3. The minimum absolute atomic E-state index is 0.440. The number of benzene rings is 1. The Balaban J connectivity index is 2.13. The molecule has 0 aliphatic heterocycles. The number of carbonyl (C=O) groups excluding carboxylic acids is 1. The van der Waals surface area contributed by atoms with Gasteiger partial charge < -0.3 is 9.47 Å². The summed E-state index contributed by atoms with van der Waals surface area (Å²) in [6.07, 6.45) is 14.1. The lowest BCUT2D eigenvalue weighted by atomic mass is 10.0. The van der Waals surface area contributed by atoms with Crippen molar-refractivity contribution in [1.29, 1.82) is 0 Å². The standard InChI is InChI=1S/C22H36O3/c1-3-5-7-9-10-11-12-14-20-15-17-21(18-16-20)25-22(23)24-19-13-8-6-4-2/h15-18H,3-14,19H2,1-2H3. The van der Waals surface area contributed by atoms with Crippen LogP contribution in [0.5, 0.6) is 5.75 Å². The van der Waals surface area contributed by atoms with Crippen LogP contribution in [0, 0.1) is 0 Å². The molecule has 142 valence electrons. The van der Waals surface area contributed by atoms with E-state index in [1.165, 1.54) is 63.4 Å². The molecular weight excluding hydrogens is 312 g/mol. The molecule has 0 N–H and O–H groups in total. The lowest BCUT2D eigenvalue weighted by Crippen LogP contribution is -2.11. The largest absolute Gasteiger partial charge is 0.513 e. The molecule has 0 spiro atoms. The first-order valence-corrected chi connectivity index (χ1v) is 10.2. The van der Waals surface area contributed by atoms with E-state index < -0.39 is 6.16 Å². The SMILES string of the molecule is CCCCCCCCCc1ccc(OC(=O)OCCCCCC)cc1. The number of aryl methyl sites for hydroxylation is 1. The Bertz CT molecular complexity index is 439. The molecule has 0 saturated carbocycles. The topological polar surface area (TPSA) is 35.5 Å². The third-order valence-corrected chi connectivity index (χ3v) is 4.41. The molecule has 1 rings (SSSR count). The fourth-order valence-corrected chi connectivity index (χ4v) is 2.82. The van der Waals surface area contributed by atoms with Crippen LogP contribution in [0.25, 0.3) is 0 Å². The molecule has 0 fully saturated rings. The van der Waals surface area contributed by atoms with Gasteiger partial charge in [0.2, 0.25) is 0 Å². The van der Waals surface area contributed by atoms with Crippen LogP contribution < -0.4 is 4.74 Å². The smallest absolute Gasteiger partial charge is 0.434 e. The van der Waals surface area contributed by atoms with Crippen LogP contribution in [-0.4, -0.2) is 12.8 Å². The average molecular weight is 349 g/mol. The molecular formula is C22H36O3. The molecule has 0 aliphatic carbocycles. The van der Waals surface area contributed by atoms with Gasteiger partial charge in [-0.25, -0.2) is 4.79 Å². The second-order valence-corrected chi connectivity index (χ2v) is 6.78. The van der Waals surface area contributed by atoms with E-state index in [9.17, 15) is 4.79 Å². The molecule has 0 radical (unpaired) electrons. The van der Waals surface area contributed by atoms with Gasteiger partial charge >= 0.3 is 6.16 Å². The normalized spacial score (nSPS) is 10.6. The van der Waals surface area contributed by atoms with E-state index in [2.05, 4.69) is 13.8 Å². The van der Waals surface area contributed by atoms with E-state index in [1.807, 2.05) is 24.3 Å². The predicted molar refractivity (Wildman–Crippen MR) is 104 cm³/mol. The number of rotatable bonds is 14. The Labute approximate surface area is 154 Å². The summed E-state index contributed by atoms with van der Waals surface area (Å²) in [5, 5.41) is 0. The van der Waals surface area contributed by atoms with Gasteiger partial charge in [-0.05, 0) is 37.0 Å². The molecule has 3 heteroatoms. The number of unbranched alkanes of at least 4 members (excludes halogenated alkanes) is 9. The van der Waals surface area contributed by atoms with Crippen LogP contribution >= 0.6 is 0 Å². The molecule has 3 nitrogen and oxygen atoms in total. The fourth-order valence-electron chi connectivity index (χ4n) is 2.82. The molecule has 0 unspecified atom stereocenters. The van der Waals surface area contributed by atoms with E-state index >= 15 is 0 Å². The summed E-state index contributed by atoms with van der Waals surface area (Å²) in [4.78, 5) is 11.6. The monoisotopic (exact) mass is 348 g/mol. The third kappa shape index (κ3) is 11.6. The minimum Gasteiger partial charge on any atom is -0.434 e. The molecule has 1 aromatic rings. The summed E-state index contributed by atoms with van der Waals surface area (Å²) in [5.41, 5.74) is 1.30. The van der Waals surface area contributed by atoms with E-state index in [-0.39, 0.29) is 0 Å². The number of hydrogen-bond acceptors (Lipinski definition) is 3. The maximum atomic E-state index is 11.6. The lowest BCUT2D eigenvalue weighted by Gasteiger charge is -2.07. The van der Waals surface area contributed by atoms with Gasteiger partial charge in [-0.3, -0.25) is 0 Å². The molecule has 0 aromatic heterocycles. The molecule has 0 heterocycles. The maximum absolute atomic E-state index is 11.6. The van der Waals surface area contributed by atoms with Crippen molar-refractivity contribution >= 4 is 6.16 Å². The number of ether oxygens (including phenoxy) is 2. The van der Waals surface area contributed by atoms with Crippen molar-refractivity contribution < 1.29 is 14.3 Å². The van der Waals surface area contributed by atoms with Crippen LogP contribution in [-0.2, 0) is 11.2 Å². The zero-order valence-corrected chi connectivity index (χ0v) is 16.2. The van der Waals surface area contributed by atoms with Crippen molar-refractivity contribution in [2.45, 2.75) is 90.9 Å². The summed E-state index contributed by atoms with van der Waals surface area (Å²) in [7, 11) is 0. The predicted octanol–water partition coefficient (Wildman–Crippen LogP) is 7.08. The molecule has 0 saturated heterocycles. The van der Waals surface area contributed by atoms with Crippen LogP contribution in [0.1, 0.15) is 90.0 Å². The van der Waals surface area contributed by atoms with Crippen molar-refractivity contribution in [3.8, 4) is 5.75 Å². The molecule has 0 aliphatic rings. The highest BCUT2D eigenvalue weighted by atomic mass is 16.7. The van der Waals surface area contributed by atoms with Crippen molar-refractivity contribution in [1.82, 2.24) is 0 Å². The van der Waals surface area contributed by atoms with Gasteiger partial charge in [0.15, 0.2) is 0 Å². The number of hydrogen-bond donors (Lipinski definition) is 0. The average Bonchev–Trinajstić information content (AvgIpc) is 2.62. The molecule has 25 heavy (non-hydrogen) atoms. The van der Waals surface area contributed by atoms with Gasteiger partial charge in [0, 0.05) is 0 Å². The van der Waals surface area contributed by atoms with E-state index in [0.29, 0.717) is 12.4 Å². The van der Waals surface area contributed by atoms with Crippen LogP contribution in [0.4, 0.5) is 4.79 Å². The van der Waals surface area contributed by atoms with Crippen molar-refractivity contribution in [2.75, 3.05) is 6.61 Å². The van der Waals surface area contributed by atoms with E-state index in [4.69, 9.17) is 9.47 Å². The van der Waals surface area contributed by atoms with Gasteiger partial charge in [-0.15, -0.1) is 0 Å². The van der Waals surface area contributed by atoms with E-state index in [1.54, 1.807) is 0 Å². The van der Waals surface area contributed by atoms with Crippen LogP contribution in [0.3, 0.4) is 0 Å². The Morgan fingerprint density at radius 3 is 1.96 bits per heavy atom. The summed E-state index contributed by atoms with van der Waals surface area (Å²) in [5.74, 6) is 0.557. The Kier molecular flexibility index (Phi) is 12.7. The zero-order valence-electron chi connectivity index (χ0n) is 16.2. The Morgan fingerprint density at radius 1 is 0.760 bits per heavy atom. The van der Waals surface area contributed by atoms with Crippen molar-refractivity contribution in [2.24, 2.45) is 0 Å². The summed E-state index contributed by atoms with van der Waals surface area (Å²) >= 11 is 0. The maximum Gasteiger partial charge on any atom is 0.513 e. The zero-order chi connectivity index (χ0) is 18.2. The van der Waals surface area contributed by atoms with E-state index in [0.717, 1.165) is 19.3 Å².